The van der Waals surface area contributed by atoms with Crippen LogP contribution >= 0.6 is 11.6 Å². The molecule has 0 radical (unpaired) electrons. The molecule has 150 valence electrons. The van der Waals surface area contributed by atoms with E-state index in [1.165, 1.54) is 6.33 Å². The molecule has 0 saturated heterocycles. The molecule has 0 aliphatic heterocycles. The first kappa shape index (κ1) is 19.7. The Morgan fingerprint density at radius 2 is 1.97 bits per heavy atom. The molecule has 1 unspecified atom stereocenters. The van der Waals surface area contributed by atoms with Gasteiger partial charge in [0.1, 0.15) is 17.6 Å². The van der Waals surface area contributed by atoms with Crippen molar-refractivity contribution in [3.8, 4) is 22.9 Å². The van der Waals surface area contributed by atoms with E-state index >= 15 is 0 Å². The summed E-state index contributed by atoms with van der Waals surface area (Å²) in [5.74, 6) is 1.36. The second-order valence-corrected chi connectivity index (χ2v) is 7.27. The lowest BCUT2D eigenvalue weighted by Crippen LogP contribution is -2.11. The Morgan fingerprint density at radius 3 is 2.67 bits per heavy atom. The van der Waals surface area contributed by atoms with Gasteiger partial charge in [-0.25, -0.2) is 15.0 Å². The minimum Gasteiger partial charge on any atom is -0.496 e. The van der Waals surface area contributed by atoms with Crippen LogP contribution in [0.3, 0.4) is 0 Å². The lowest BCUT2D eigenvalue weighted by Gasteiger charge is -2.23. The zero-order valence-corrected chi connectivity index (χ0v) is 17.4. The highest BCUT2D eigenvalue weighted by molar-refractivity contribution is 6.32. The Bertz CT molecular complexity index is 1260. The van der Waals surface area contributed by atoms with E-state index in [0.717, 1.165) is 33.5 Å². The highest BCUT2D eigenvalue weighted by Gasteiger charge is 2.22. The van der Waals surface area contributed by atoms with E-state index in [1.54, 1.807) is 25.6 Å². The van der Waals surface area contributed by atoms with Gasteiger partial charge in [0.2, 0.25) is 0 Å². The standard InChI is InChI=1S/C22H19ClN6O/c1-12-17(23)8-16(13(2)29-22-19-21(26-10-25-19)27-11-28-22)20(30-3)18(12)15-6-4-14(9-24)5-7-15/h4-8,10-11,13H,1-3H3,(H2,25,26,27,28,29). The molecular formula is C22H19ClN6O. The smallest absolute Gasteiger partial charge is 0.182 e. The van der Waals surface area contributed by atoms with Crippen LogP contribution in [0.15, 0.2) is 43.0 Å². The lowest BCUT2D eigenvalue weighted by molar-refractivity contribution is 0.409. The molecule has 2 heterocycles. The first-order valence-electron chi connectivity index (χ1n) is 9.31. The molecule has 1 atom stereocenters. The molecule has 4 rings (SSSR count). The van der Waals surface area contributed by atoms with Crippen molar-refractivity contribution in [2.24, 2.45) is 0 Å². The Labute approximate surface area is 178 Å². The van der Waals surface area contributed by atoms with Gasteiger partial charge in [-0.3, -0.25) is 0 Å². The number of methoxy groups -OCH3 is 1. The predicted molar refractivity (Wildman–Crippen MR) is 117 cm³/mol. The third-order valence-corrected chi connectivity index (χ3v) is 5.45. The molecule has 7 nitrogen and oxygen atoms in total. The molecule has 0 fully saturated rings. The van der Waals surface area contributed by atoms with Gasteiger partial charge in [0.05, 0.1) is 31.1 Å². The average molecular weight is 419 g/mol. The van der Waals surface area contributed by atoms with E-state index in [0.29, 0.717) is 22.1 Å². The number of hydrogen-bond acceptors (Lipinski definition) is 6. The van der Waals surface area contributed by atoms with Crippen molar-refractivity contribution in [3.05, 3.63) is 64.7 Å². The molecule has 4 aromatic rings. The number of benzene rings is 2. The molecule has 0 amide bonds. The average Bonchev–Trinajstić information content (AvgIpc) is 3.25. The van der Waals surface area contributed by atoms with Gasteiger partial charge < -0.3 is 15.0 Å². The monoisotopic (exact) mass is 418 g/mol. The number of nitrogens with one attached hydrogen (secondary N) is 2. The van der Waals surface area contributed by atoms with Crippen LogP contribution in [0.4, 0.5) is 5.82 Å². The van der Waals surface area contributed by atoms with Crippen LogP contribution in [0, 0.1) is 18.3 Å². The van der Waals surface area contributed by atoms with Gasteiger partial charge in [0.25, 0.3) is 0 Å². The van der Waals surface area contributed by atoms with E-state index in [2.05, 4.69) is 31.3 Å². The normalized spacial score (nSPS) is 11.8. The van der Waals surface area contributed by atoms with Crippen LogP contribution in [-0.2, 0) is 0 Å². The molecule has 30 heavy (non-hydrogen) atoms. The van der Waals surface area contributed by atoms with E-state index in [1.807, 2.05) is 32.0 Å². The minimum absolute atomic E-state index is 0.170. The fourth-order valence-electron chi connectivity index (χ4n) is 3.50. The van der Waals surface area contributed by atoms with Crippen molar-refractivity contribution in [1.29, 1.82) is 5.26 Å². The summed E-state index contributed by atoms with van der Waals surface area (Å²) in [5.41, 5.74) is 5.54. The lowest BCUT2D eigenvalue weighted by atomic mass is 9.93. The van der Waals surface area contributed by atoms with Gasteiger partial charge in [-0.05, 0) is 43.2 Å². The third-order valence-electron chi connectivity index (χ3n) is 5.05. The first-order chi connectivity index (χ1) is 14.5. The molecule has 2 aromatic carbocycles. The molecule has 0 spiro atoms. The quantitative estimate of drug-likeness (QED) is 0.471. The van der Waals surface area contributed by atoms with Gasteiger partial charge >= 0.3 is 0 Å². The number of imidazole rings is 1. The van der Waals surface area contributed by atoms with Crippen LogP contribution in [-0.4, -0.2) is 27.0 Å². The Kier molecular flexibility index (Phi) is 5.25. The van der Waals surface area contributed by atoms with E-state index in [-0.39, 0.29) is 6.04 Å². The van der Waals surface area contributed by atoms with Gasteiger partial charge in [0.15, 0.2) is 11.5 Å². The summed E-state index contributed by atoms with van der Waals surface area (Å²) in [7, 11) is 1.64. The third kappa shape index (κ3) is 3.42. The Morgan fingerprint density at radius 1 is 1.20 bits per heavy atom. The summed E-state index contributed by atoms with van der Waals surface area (Å²) in [5, 5.41) is 13.1. The number of H-pyrrole nitrogens is 1. The van der Waals surface area contributed by atoms with Crippen LogP contribution in [0.25, 0.3) is 22.3 Å². The Hall–Kier alpha value is -3.63. The van der Waals surface area contributed by atoms with Crippen molar-refractivity contribution >= 4 is 28.6 Å². The number of fused-ring (bicyclic) bond motifs is 1. The molecular weight excluding hydrogens is 400 g/mol. The van der Waals surface area contributed by atoms with Gasteiger partial charge in [-0.2, -0.15) is 5.26 Å². The van der Waals surface area contributed by atoms with E-state index in [4.69, 9.17) is 21.6 Å². The summed E-state index contributed by atoms with van der Waals surface area (Å²) >= 11 is 6.60. The van der Waals surface area contributed by atoms with Gasteiger partial charge in [-0.15, -0.1) is 0 Å². The largest absolute Gasteiger partial charge is 0.496 e. The van der Waals surface area contributed by atoms with E-state index in [9.17, 15) is 0 Å². The highest BCUT2D eigenvalue weighted by atomic mass is 35.5. The molecule has 0 aliphatic rings. The number of anilines is 1. The second-order valence-electron chi connectivity index (χ2n) is 6.86. The summed E-state index contributed by atoms with van der Waals surface area (Å²) < 4.78 is 5.84. The van der Waals surface area contributed by atoms with Crippen LogP contribution in [0.1, 0.15) is 29.7 Å². The molecule has 0 aliphatic carbocycles. The molecule has 8 heteroatoms. The van der Waals surface area contributed by atoms with Crippen molar-refractivity contribution < 1.29 is 4.74 Å². The zero-order chi connectivity index (χ0) is 21.3. The second kappa shape index (κ2) is 8.01. The maximum Gasteiger partial charge on any atom is 0.182 e. The maximum atomic E-state index is 9.09. The van der Waals surface area contributed by atoms with Gasteiger partial charge in [-0.1, -0.05) is 23.7 Å². The van der Waals surface area contributed by atoms with E-state index < -0.39 is 0 Å². The molecule has 2 N–H and O–H groups in total. The maximum absolute atomic E-state index is 9.09. The SMILES string of the molecule is COc1c(C(C)Nc2ncnc3nc[nH]c23)cc(Cl)c(C)c1-c1ccc(C#N)cc1. The van der Waals surface area contributed by atoms with Crippen molar-refractivity contribution in [2.45, 2.75) is 19.9 Å². The number of ether oxygens (including phenoxy) is 1. The van der Waals surface area contributed by atoms with Crippen LogP contribution < -0.4 is 10.1 Å². The number of rotatable bonds is 5. The summed E-state index contributed by atoms with van der Waals surface area (Å²) in [6, 6.07) is 11.3. The number of halogens is 1. The topological polar surface area (TPSA) is 99.5 Å². The number of aromatic nitrogens is 4. The van der Waals surface area contributed by atoms with Crippen molar-refractivity contribution in [1.82, 2.24) is 19.9 Å². The van der Waals surface area contributed by atoms with Crippen molar-refractivity contribution in [3.63, 3.8) is 0 Å². The number of aromatic amines is 1. The fourth-order valence-corrected chi connectivity index (χ4v) is 3.71. The predicted octanol–water partition coefficient (Wildman–Crippen LogP) is 5.04. The molecule has 0 saturated carbocycles. The van der Waals surface area contributed by atoms with Crippen molar-refractivity contribution in [2.75, 3.05) is 12.4 Å². The number of nitrogens with zero attached hydrogens (tertiary/aromatic N) is 4. The zero-order valence-electron chi connectivity index (χ0n) is 16.7. The fraction of sp³-hybridized carbons (Fsp3) is 0.182. The van der Waals surface area contributed by atoms with Crippen LogP contribution in [0.5, 0.6) is 5.75 Å². The molecule has 0 bridgehead atoms. The highest BCUT2D eigenvalue weighted by Crippen LogP contribution is 2.42. The Balaban J connectivity index is 1.80. The summed E-state index contributed by atoms with van der Waals surface area (Å²) in [6.45, 7) is 3.97. The number of nitriles is 1. The van der Waals surface area contributed by atoms with Crippen LogP contribution in [0.2, 0.25) is 5.02 Å². The number of hydrogen-bond donors (Lipinski definition) is 2. The van der Waals surface area contributed by atoms with Gasteiger partial charge in [0, 0.05) is 16.1 Å². The minimum atomic E-state index is -0.170. The summed E-state index contributed by atoms with van der Waals surface area (Å²) in [4.78, 5) is 15.7. The molecule has 2 aromatic heterocycles. The first-order valence-corrected chi connectivity index (χ1v) is 9.69. The summed E-state index contributed by atoms with van der Waals surface area (Å²) in [6.07, 6.45) is 3.06.